The summed E-state index contributed by atoms with van der Waals surface area (Å²) in [5.41, 5.74) is 0.247. The molecular weight excluding hydrogens is 124 g/mol. The Hall–Kier alpha value is -0.300. The second kappa shape index (κ2) is 1.85. The lowest BCUT2D eigenvalue weighted by Gasteiger charge is -2.19. The lowest BCUT2D eigenvalue weighted by Crippen LogP contribution is -2.20. The van der Waals surface area contributed by atoms with E-state index >= 15 is 0 Å². The zero-order valence-corrected chi connectivity index (χ0v) is 6.47. The minimum Gasteiger partial charge on any atom is -0.366 e. The van der Waals surface area contributed by atoms with Gasteiger partial charge in [-0.05, 0) is 32.1 Å². The van der Waals surface area contributed by atoms with Crippen molar-refractivity contribution in [3.05, 3.63) is 12.7 Å². The Morgan fingerprint density at radius 3 is 3.00 bits per heavy atom. The molecule has 0 amide bonds. The van der Waals surface area contributed by atoms with Gasteiger partial charge in [-0.2, -0.15) is 0 Å². The van der Waals surface area contributed by atoms with Crippen molar-refractivity contribution in [2.45, 2.75) is 37.9 Å². The van der Waals surface area contributed by atoms with Crippen LogP contribution in [0.25, 0.3) is 0 Å². The molecule has 1 saturated heterocycles. The molecule has 0 spiro atoms. The molecule has 1 saturated carbocycles. The van der Waals surface area contributed by atoms with E-state index in [9.17, 15) is 0 Å². The standard InChI is InChI=1S/C9H14O/c1-3-7-4-5-8-9(2,6-7)10-8/h3,7-8H,1,4-6H2,2H3. The lowest BCUT2D eigenvalue weighted by atomic mass is 9.82. The van der Waals surface area contributed by atoms with Crippen LogP contribution < -0.4 is 0 Å². The van der Waals surface area contributed by atoms with Crippen LogP contribution in [-0.2, 0) is 4.74 Å². The summed E-state index contributed by atoms with van der Waals surface area (Å²) >= 11 is 0. The highest BCUT2D eigenvalue weighted by molar-refractivity contribution is 5.06. The van der Waals surface area contributed by atoms with E-state index in [-0.39, 0.29) is 5.60 Å². The van der Waals surface area contributed by atoms with Crippen LogP contribution in [0, 0.1) is 5.92 Å². The van der Waals surface area contributed by atoms with Gasteiger partial charge in [0.15, 0.2) is 0 Å². The minimum atomic E-state index is 0.247. The molecule has 0 radical (unpaired) electrons. The summed E-state index contributed by atoms with van der Waals surface area (Å²) in [6.07, 6.45) is 6.38. The van der Waals surface area contributed by atoms with Crippen LogP contribution in [0.5, 0.6) is 0 Å². The van der Waals surface area contributed by atoms with Crippen LogP contribution in [0.15, 0.2) is 12.7 Å². The number of allylic oxidation sites excluding steroid dienone is 1. The first-order valence-corrected chi connectivity index (χ1v) is 4.05. The van der Waals surface area contributed by atoms with Crippen molar-refractivity contribution in [1.82, 2.24) is 0 Å². The Morgan fingerprint density at radius 2 is 2.40 bits per heavy atom. The van der Waals surface area contributed by atoms with Gasteiger partial charge in [0.2, 0.25) is 0 Å². The predicted molar refractivity (Wildman–Crippen MR) is 40.8 cm³/mol. The van der Waals surface area contributed by atoms with E-state index in [0.717, 1.165) is 0 Å². The highest BCUT2D eigenvalue weighted by Crippen LogP contribution is 2.49. The fourth-order valence-electron chi connectivity index (χ4n) is 2.02. The Labute approximate surface area is 62.1 Å². The van der Waals surface area contributed by atoms with Gasteiger partial charge < -0.3 is 4.74 Å². The maximum absolute atomic E-state index is 5.55. The summed E-state index contributed by atoms with van der Waals surface area (Å²) in [4.78, 5) is 0. The molecule has 56 valence electrons. The van der Waals surface area contributed by atoms with Crippen molar-refractivity contribution in [2.75, 3.05) is 0 Å². The average molecular weight is 138 g/mol. The topological polar surface area (TPSA) is 12.5 Å². The third-order valence-electron chi connectivity index (χ3n) is 2.84. The molecule has 0 aromatic heterocycles. The van der Waals surface area contributed by atoms with Gasteiger partial charge >= 0.3 is 0 Å². The molecular formula is C9H14O. The number of fused-ring (bicyclic) bond motifs is 1. The van der Waals surface area contributed by atoms with Crippen LogP contribution in [0.3, 0.4) is 0 Å². The number of hydrogen-bond acceptors (Lipinski definition) is 1. The summed E-state index contributed by atoms with van der Waals surface area (Å²) in [5, 5.41) is 0. The monoisotopic (exact) mass is 138 g/mol. The highest BCUT2D eigenvalue weighted by atomic mass is 16.6. The van der Waals surface area contributed by atoms with E-state index < -0.39 is 0 Å². The van der Waals surface area contributed by atoms with Gasteiger partial charge in [-0.3, -0.25) is 0 Å². The Morgan fingerprint density at radius 1 is 1.60 bits per heavy atom. The molecule has 3 unspecified atom stereocenters. The van der Waals surface area contributed by atoms with Gasteiger partial charge in [-0.25, -0.2) is 0 Å². The molecule has 1 nitrogen and oxygen atoms in total. The van der Waals surface area contributed by atoms with Gasteiger partial charge in [-0.1, -0.05) is 6.08 Å². The first-order valence-electron chi connectivity index (χ1n) is 4.05. The van der Waals surface area contributed by atoms with E-state index in [1.165, 1.54) is 19.3 Å². The maximum atomic E-state index is 5.55. The third kappa shape index (κ3) is 0.807. The number of rotatable bonds is 1. The van der Waals surface area contributed by atoms with E-state index in [4.69, 9.17) is 4.74 Å². The molecule has 1 aliphatic carbocycles. The molecule has 2 aliphatic rings. The van der Waals surface area contributed by atoms with Crippen LogP contribution >= 0.6 is 0 Å². The molecule has 1 heterocycles. The summed E-state index contributed by atoms with van der Waals surface area (Å²) in [6.45, 7) is 6.03. The van der Waals surface area contributed by atoms with Gasteiger partial charge in [-0.15, -0.1) is 6.58 Å². The summed E-state index contributed by atoms with van der Waals surface area (Å²) in [5.74, 6) is 0.712. The zero-order chi connectivity index (χ0) is 7.19. The number of ether oxygens (including phenoxy) is 1. The molecule has 0 aromatic carbocycles. The van der Waals surface area contributed by atoms with Crippen molar-refractivity contribution in [3.8, 4) is 0 Å². The van der Waals surface area contributed by atoms with E-state index in [0.29, 0.717) is 12.0 Å². The van der Waals surface area contributed by atoms with Crippen molar-refractivity contribution >= 4 is 0 Å². The number of epoxide rings is 1. The Bertz CT molecular complexity index is 164. The molecule has 2 fully saturated rings. The summed E-state index contributed by atoms with van der Waals surface area (Å²) in [7, 11) is 0. The first kappa shape index (κ1) is 6.41. The lowest BCUT2D eigenvalue weighted by molar-refractivity contribution is 0.291. The Balaban J connectivity index is 2.02. The number of hydrogen-bond donors (Lipinski definition) is 0. The fraction of sp³-hybridized carbons (Fsp3) is 0.778. The van der Waals surface area contributed by atoms with Crippen molar-refractivity contribution < 1.29 is 4.74 Å². The summed E-state index contributed by atoms with van der Waals surface area (Å²) < 4.78 is 5.55. The van der Waals surface area contributed by atoms with Crippen LogP contribution in [0.2, 0.25) is 0 Å². The summed E-state index contributed by atoms with van der Waals surface area (Å²) in [6, 6.07) is 0. The molecule has 2 rings (SSSR count). The van der Waals surface area contributed by atoms with Crippen molar-refractivity contribution in [1.29, 1.82) is 0 Å². The van der Waals surface area contributed by atoms with Crippen LogP contribution in [0.1, 0.15) is 26.2 Å². The minimum absolute atomic E-state index is 0.247. The molecule has 1 aliphatic heterocycles. The molecule has 10 heavy (non-hydrogen) atoms. The largest absolute Gasteiger partial charge is 0.366 e. The average Bonchev–Trinajstić information content (AvgIpc) is 2.58. The van der Waals surface area contributed by atoms with E-state index in [1.807, 2.05) is 0 Å². The van der Waals surface area contributed by atoms with Crippen LogP contribution in [0.4, 0.5) is 0 Å². The quantitative estimate of drug-likeness (QED) is 0.399. The predicted octanol–water partition coefficient (Wildman–Crippen LogP) is 2.13. The van der Waals surface area contributed by atoms with Crippen molar-refractivity contribution in [2.24, 2.45) is 5.92 Å². The highest BCUT2D eigenvalue weighted by Gasteiger charge is 2.54. The van der Waals surface area contributed by atoms with E-state index in [1.54, 1.807) is 0 Å². The van der Waals surface area contributed by atoms with Gasteiger partial charge in [0.1, 0.15) is 0 Å². The second-order valence-corrected chi connectivity index (χ2v) is 3.70. The molecule has 0 aromatic rings. The molecule has 3 atom stereocenters. The van der Waals surface area contributed by atoms with Gasteiger partial charge in [0.25, 0.3) is 0 Å². The second-order valence-electron chi connectivity index (χ2n) is 3.70. The fourth-order valence-corrected chi connectivity index (χ4v) is 2.02. The van der Waals surface area contributed by atoms with Gasteiger partial charge in [0, 0.05) is 0 Å². The van der Waals surface area contributed by atoms with Gasteiger partial charge in [0.05, 0.1) is 11.7 Å². The molecule has 0 N–H and O–H groups in total. The first-order chi connectivity index (χ1) is 4.74. The molecule has 0 bridgehead atoms. The maximum Gasteiger partial charge on any atom is 0.0926 e. The third-order valence-corrected chi connectivity index (χ3v) is 2.84. The Kier molecular flexibility index (Phi) is 1.19. The van der Waals surface area contributed by atoms with E-state index in [2.05, 4.69) is 19.6 Å². The SMILES string of the molecule is C=CC1CCC2OC2(C)C1. The normalized spacial score (nSPS) is 51.7. The van der Waals surface area contributed by atoms with Crippen LogP contribution in [-0.4, -0.2) is 11.7 Å². The smallest absolute Gasteiger partial charge is 0.0926 e. The van der Waals surface area contributed by atoms with Crippen molar-refractivity contribution in [3.63, 3.8) is 0 Å². The zero-order valence-electron chi connectivity index (χ0n) is 6.47. The molecule has 1 heteroatoms.